The Morgan fingerprint density at radius 3 is 2.61 bits per heavy atom. The molecule has 1 heterocycles. The van der Waals surface area contributed by atoms with Gasteiger partial charge in [0, 0.05) is 32.8 Å². The second-order valence-electron chi connectivity index (χ2n) is 6.37. The fraction of sp³-hybridized carbons (Fsp3) is 0.579. The van der Waals surface area contributed by atoms with Crippen molar-refractivity contribution in [2.75, 3.05) is 54.0 Å². The van der Waals surface area contributed by atoms with Crippen molar-refractivity contribution in [2.45, 2.75) is 18.9 Å². The van der Waals surface area contributed by atoms with E-state index in [1.54, 1.807) is 7.11 Å². The molecule has 0 aromatic heterocycles. The summed E-state index contributed by atoms with van der Waals surface area (Å²) in [7, 11) is 5.94. The third-order valence-corrected chi connectivity index (χ3v) is 4.14. The third-order valence-electron chi connectivity index (χ3n) is 4.14. The fourth-order valence-electron chi connectivity index (χ4n) is 2.73. The Bertz CT molecular complexity index is 465. The number of rotatable bonds is 9. The summed E-state index contributed by atoms with van der Waals surface area (Å²) in [5.74, 6) is 0.896. The molecule has 1 aromatic carbocycles. The predicted molar refractivity (Wildman–Crippen MR) is 96.0 cm³/mol. The maximum absolute atomic E-state index is 5.79. The Labute approximate surface area is 140 Å². The lowest BCUT2D eigenvalue weighted by Crippen LogP contribution is -2.37. The molecular formula is C19H30N2O2. The molecule has 1 saturated heterocycles. The van der Waals surface area contributed by atoms with Crippen LogP contribution in [0.2, 0.25) is 0 Å². The van der Waals surface area contributed by atoms with Gasteiger partial charge in [-0.3, -0.25) is 4.90 Å². The van der Waals surface area contributed by atoms with Crippen molar-refractivity contribution < 1.29 is 9.47 Å². The Kier molecular flexibility index (Phi) is 7.59. The van der Waals surface area contributed by atoms with Crippen LogP contribution in [0.1, 0.15) is 18.4 Å². The molecule has 0 spiro atoms. The standard InChI is InChI=1S/C19H30N2O2/c1-20(2)13-14-21(16-19-7-5-15-23-19)12-4-6-17-8-10-18(22-3)11-9-17/h4,6,8-11,19H,5,7,12-16H2,1-3H3. The van der Waals surface area contributed by atoms with E-state index in [1.807, 2.05) is 12.1 Å². The fourth-order valence-corrected chi connectivity index (χ4v) is 2.73. The molecule has 128 valence electrons. The largest absolute Gasteiger partial charge is 0.497 e. The van der Waals surface area contributed by atoms with E-state index in [1.165, 1.54) is 18.4 Å². The predicted octanol–water partition coefficient (Wildman–Crippen LogP) is 2.75. The minimum atomic E-state index is 0.409. The van der Waals surface area contributed by atoms with Crippen LogP contribution < -0.4 is 4.74 Å². The van der Waals surface area contributed by atoms with Gasteiger partial charge >= 0.3 is 0 Å². The maximum atomic E-state index is 5.79. The van der Waals surface area contributed by atoms with Crippen molar-refractivity contribution in [3.05, 3.63) is 35.9 Å². The van der Waals surface area contributed by atoms with E-state index in [4.69, 9.17) is 9.47 Å². The lowest BCUT2D eigenvalue weighted by Gasteiger charge is -2.25. The van der Waals surface area contributed by atoms with Crippen LogP contribution in [0.4, 0.5) is 0 Å². The smallest absolute Gasteiger partial charge is 0.118 e. The Balaban J connectivity index is 1.85. The lowest BCUT2D eigenvalue weighted by atomic mass is 10.2. The number of likely N-dealkylation sites (N-methyl/N-ethyl adjacent to an activating group) is 1. The first kappa shape index (κ1) is 18.0. The molecule has 0 radical (unpaired) electrons. The minimum absolute atomic E-state index is 0.409. The van der Waals surface area contributed by atoms with Crippen LogP contribution in [-0.4, -0.2) is 69.9 Å². The van der Waals surface area contributed by atoms with E-state index < -0.39 is 0 Å². The van der Waals surface area contributed by atoms with Gasteiger partial charge in [0.05, 0.1) is 13.2 Å². The first-order valence-corrected chi connectivity index (χ1v) is 8.46. The highest BCUT2D eigenvalue weighted by atomic mass is 16.5. The molecule has 1 aliphatic rings. The van der Waals surface area contributed by atoms with Gasteiger partial charge in [0.1, 0.15) is 5.75 Å². The first-order chi connectivity index (χ1) is 11.2. The van der Waals surface area contributed by atoms with Gasteiger partial charge in [0.15, 0.2) is 0 Å². The Hall–Kier alpha value is -1.36. The third kappa shape index (κ3) is 6.73. The van der Waals surface area contributed by atoms with Crippen LogP contribution in [0.3, 0.4) is 0 Å². The van der Waals surface area contributed by atoms with E-state index in [9.17, 15) is 0 Å². The van der Waals surface area contributed by atoms with E-state index >= 15 is 0 Å². The molecule has 4 nitrogen and oxygen atoms in total. The van der Waals surface area contributed by atoms with Crippen LogP contribution in [0.25, 0.3) is 6.08 Å². The summed E-state index contributed by atoms with van der Waals surface area (Å²) >= 11 is 0. The molecule has 1 aliphatic heterocycles. The number of methoxy groups -OCH3 is 1. The molecule has 1 fully saturated rings. The monoisotopic (exact) mass is 318 g/mol. The molecular weight excluding hydrogens is 288 g/mol. The summed E-state index contributed by atoms with van der Waals surface area (Å²) in [6, 6.07) is 8.16. The summed E-state index contributed by atoms with van der Waals surface area (Å²) in [4.78, 5) is 4.71. The van der Waals surface area contributed by atoms with Crippen LogP contribution in [-0.2, 0) is 4.74 Å². The molecule has 0 aliphatic carbocycles. The number of hydrogen-bond donors (Lipinski definition) is 0. The molecule has 1 atom stereocenters. The number of nitrogens with zero attached hydrogens (tertiary/aromatic N) is 2. The summed E-state index contributed by atoms with van der Waals surface area (Å²) in [6.45, 7) is 5.05. The number of ether oxygens (including phenoxy) is 2. The first-order valence-electron chi connectivity index (χ1n) is 8.46. The van der Waals surface area contributed by atoms with Crippen molar-refractivity contribution in [1.29, 1.82) is 0 Å². The van der Waals surface area contributed by atoms with Gasteiger partial charge < -0.3 is 14.4 Å². The van der Waals surface area contributed by atoms with E-state index in [0.717, 1.165) is 38.5 Å². The van der Waals surface area contributed by atoms with Gasteiger partial charge in [-0.15, -0.1) is 0 Å². The van der Waals surface area contributed by atoms with Crippen LogP contribution in [0.5, 0.6) is 5.75 Å². The zero-order chi connectivity index (χ0) is 16.5. The molecule has 2 rings (SSSR count). The van der Waals surface area contributed by atoms with Crippen molar-refractivity contribution >= 4 is 6.08 Å². The van der Waals surface area contributed by atoms with Crippen molar-refractivity contribution in [2.24, 2.45) is 0 Å². The maximum Gasteiger partial charge on any atom is 0.118 e. The Morgan fingerprint density at radius 2 is 2.00 bits per heavy atom. The zero-order valence-electron chi connectivity index (χ0n) is 14.7. The summed E-state index contributed by atoms with van der Waals surface area (Å²) in [5.41, 5.74) is 1.20. The molecule has 1 aromatic rings. The van der Waals surface area contributed by atoms with Gasteiger partial charge in [0.25, 0.3) is 0 Å². The average molecular weight is 318 g/mol. The van der Waals surface area contributed by atoms with Crippen molar-refractivity contribution in [3.8, 4) is 5.75 Å². The van der Waals surface area contributed by atoms with Crippen LogP contribution in [0, 0.1) is 0 Å². The zero-order valence-corrected chi connectivity index (χ0v) is 14.7. The topological polar surface area (TPSA) is 24.9 Å². The number of hydrogen-bond acceptors (Lipinski definition) is 4. The van der Waals surface area contributed by atoms with Crippen LogP contribution in [0.15, 0.2) is 30.3 Å². The van der Waals surface area contributed by atoms with Crippen molar-refractivity contribution in [3.63, 3.8) is 0 Å². The van der Waals surface area contributed by atoms with Crippen molar-refractivity contribution in [1.82, 2.24) is 9.80 Å². The summed E-state index contributed by atoms with van der Waals surface area (Å²) in [6.07, 6.45) is 7.23. The quantitative estimate of drug-likeness (QED) is 0.699. The molecule has 0 amide bonds. The average Bonchev–Trinajstić information content (AvgIpc) is 3.06. The van der Waals surface area contributed by atoms with Gasteiger partial charge in [-0.2, -0.15) is 0 Å². The van der Waals surface area contributed by atoms with E-state index in [-0.39, 0.29) is 0 Å². The highest BCUT2D eigenvalue weighted by Crippen LogP contribution is 2.14. The molecule has 4 heteroatoms. The highest BCUT2D eigenvalue weighted by molar-refractivity contribution is 5.50. The van der Waals surface area contributed by atoms with Gasteiger partial charge in [-0.25, -0.2) is 0 Å². The second kappa shape index (κ2) is 9.71. The normalized spacial score (nSPS) is 18.4. The van der Waals surface area contributed by atoms with Crippen LogP contribution >= 0.6 is 0 Å². The summed E-state index contributed by atoms with van der Waals surface area (Å²) < 4.78 is 11.0. The van der Waals surface area contributed by atoms with Gasteiger partial charge in [-0.05, 0) is 44.6 Å². The van der Waals surface area contributed by atoms with E-state index in [2.05, 4.69) is 48.2 Å². The summed E-state index contributed by atoms with van der Waals surface area (Å²) in [5, 5.41) is 0. The number of benzene rings is 1. The van der Waals surface area contributed by atoms with Gasteiger partial charge in [0.2, 0.25) is 0 Å². The molecule has 0 bridgehead atoms. The SMILES string of the molecule is COc1ccc(C=CCN(CCN(C)C)CC2CCCO2)cc1. The molecule has 1 unspecified atom stereocenters. The van der Waals surface area contributed by atoms with E-state index in [0.29, 0.717) is 6.10 Å². The molecule has 0 N–H and O–H groups in total. The van der Waals surface area contributed by atoms with Gasteiger partial charge in [-0.1, -0.05) is 24.3 Å². The Morgan fingerprint density at radius 1 is 1.22 bits per heavy atom. The highest BCUT2D eigenvalue weighted by Gasteiger charge is 2.18. The minimum Gasteiger partial charge on any atom is -0.497 e. The second-order valence-corrected chi connectivity index (χ2v) is 6.37. The molecule has 23 heavy (non-hydrogen) atoms. The lowest BCUT2D eigenvalue weighted by molar-refractivity contribution is 0.0749. The molecule has 0 saturated carbocycles.